The second kappa shape index (κ2) is 4.71. The number of hydrogen-bond donors (Lipinski definition) is 3. The topological polar surface area (TPSA) is 121 Å². The van der Waals surface area contributed by atoms with E-state index in [4.69, 9.17) is 4.74 Å². The van der Waals surface area contributed by atoms with Gasteiger partial charge in [-0.3, -0.25) is 14.4 Å². The van der Waals surface area contributed by atoms with Crippen LogP contribution in [0.3, 0.4) is 0 Å². The number of rotatable bonds is 3. The summed E-state index contributed by atoms with van der Waals surface area (Å²) < 4.78 is 4.94. The summed E-state index contributed by atoms with van der Waals surface area (Å²) in [6.45, 7) is 1.97. The van der Waals surface area contributed by atoms with Crippen molar-refractivity contribution in [3.8, 4) is 0 Å². The van der Waals surface area contributed by atoms with Gasteiger partial charge in [0.2, 0.25) is 0 Å². The molecule has 0 amide bonds. The average Bonchev–Trinajstić information content (AvgIpc) is 2.30. The van der Waals surface area contributed by atoms with Crippen LogP contribution >= 0.6 is 15.9 Å². The van der Waals surface area contributed by atoms with Gasteiger partial charge >= 0.3 is 0 Å². The van der Waals surface area contributed by atoms with E-state index in [0.717, 1.165) is 20.8 Å². The molecular weight excluding hydrogens is 324 g/mol. The monoisotopic (exact) mass is 338 g/mol. The molecule has 0 radical (unpaired) electrons. The molecule has 8 heteroatoms. The van der Waals surface area contributed by atoms with Gasteiger partial charge < -0.3 is 20.1 Å². The van der Waals surface area contributed by atoms with Crippen molar-refractivity contribution < 1.29 is 34.4 Å². The molecule has 0 aliphatic carbocycles. The van der Waals surface area contributed by atoms with Gasteiger partial charge in [0.1, 0.15) is 0 Å². The van der Waals surface area contributed by atoms with Gasteiger partial charge in [0.15, 0.2) is 39.2 Å². The molecule has 0 aromatic carbocycles. The highest BCUT2D eigenvalue weighted by molar-refractivity contribution is 9.09. The van der Waals surface area contributed by atoms with Gasteiger partial charge in [-0.25, -0.2) is 0 Å². The highest BCUT2D eigenvalue weighted by Crippen LogP contribution is 2.45. The van der Waals surface area contributed by atoms with Crippen LogP contribution in [0.5, 0.6) is 0 Å². The van der Waals surface area contributed by atoms with Crippen molar-refractivity contribution in [3.05, 3.63) is 0 Å². The van der Waals surface area contributed by atoms with E-state index in [1.807, 2.05) is 0 Å². The van der Waals surface area contributed by atoms with Gasteiger partial charge in [0.25, 0.3) is 0 Å². The summed E-state index contributed by atoms with van der Waals surface area (Å²) in [7, 11) is 0. The summed E-state index contributed by atoms with van der Waals surface area (Å²) in [6.07, 6.45) is 0. The van der Waals surface area contributed by atoms with E-state index in [0.29, 0.717) is 0 Å². The summed E-state index contributed by atoms with van der Waals surface area (Å²) in [5.74, 6) is -3.13. The third kappa shape index (κ3) is 1.82. The number of carbonyl (C=O) groups excluding carboxylic acids is 3. The Hall–Kier alpha value is -0.670. The molecule has 0 bridgehead atoms. The quantitative estimate of drug-likeness (QED) is 0.546. The molecule has 19 heavy (non-hydrogen) atoms. The summed E-state index contributed by atoms with van der Waals surface area (Å²) >= 11 is 2.83. The summed E-state index contributed by atoms with van der Waals surface area (Å²) in [5.41, 5.74) is -8.48. The van der Waals surface area contributed by atoms with Crippen LogP contribution in [0.1, 0.15) is 20.8 Å². The maximum absolute atomic E-state index is 11.8. The number of Topliss-reactive ketones (excluding diaryl/α,β-unsaturated/α-hetero) is 3. The van der Waals surface area contributed by atoms with Crippen molar-refractivity contribution in [1.82, 2.24) is 0 Å². The lowest BCUT2D eigenvalue weighted by molar-refractivity contribution is -0.279. The van der Waals surface area contributed by atoms with Crippen molar-refractivity contribution >= 4 is 33.3 Å². The van der Waals surface area contributed by atoms with Crippen molar-refractivity contribution in [2.24, 2.45) is 0 Å². The summed E-state index contributed by atoms with van der Waals surface area (Å²) in [5, 5.41) is 29.7. The number of hydrogen-bond acceptors (Lipinski definition) is 7. The standard InChI is InChI=1S/C11H15BrO7/c1-5(13)9(16)4-19-8(12)10(17,6(2)14)11(9,18)7(3)15/h8,16-18H,4H2,1-3H3/t8-,9-,10+,11-/m0/s1. The molecule has 0 aromatic rings. The Morgan fingerprint density at radius 3 is 1.84 bits per heavy atom. The Morgan fingerprint density at radius 2 is 1.53 bits per heavy atom. The number of ketones is 3. The fraction of sp³-hybridized carbons (Fsp3) is 0.727. The molecule has 1 aliphatic heterocycles. The predicted octanol–water partition coefficient (Wildman–Crippen LogP) is -1.30. The zero-order chi connectivity index (χ0) is 15.2. The van der Waals surface area contributed by atoms with Gasteiger partial charge in [-0.05, 0) is 20.8 Å². The molecule has 1 fully saturated rings. The number of aliphatic hydroxyl groups is 3. The molecule has 0 spiro atoms. The van der Waals surface area contributed by atoms with Gasteiger partial charge in [0.05, 0.1) is 6.61 Å². The van der Waals surface area contributed by atoms with Gasteiger partial charge in [-0.1, -0.05) is 15.9 Å². The average molecular weight is 339 g/mol. The van der Waals surface area contributed by atoms with Crippen LogP contribution in [0.4, 0.5) is 0 Å². The van der Waals surface area contributed by atoms with Gasteiger partial charge in [-0.2, -0.15) is 0 Å². The number of ether oxygens (including phenoxy) is 1. The third-order valence-electron chi connectivity index (χ3n) is 3.55. The normalized spacial score (nSPS) is 42.8. The molecule has 108 valence electrons. The molecule has 0 unspecified atom stereocenters. The lowest BCUT2D eigenvalue weighted by Crippen LogP contribution is -2.82. The Bertz CT molecular complexity index is 450. The van der Waals surface area contributed by atoms with E-state index >= 15 is 0 Å². The van der Waals surface area contributed by atoms with Gasteiger partial charge in [0, 0.05) is 0 Å². The lowest BCUT2D eigenvalue weighted by Gasteiger charge is -2.53. The van der Waals surface area contributed by atoms with E-state index in [1.54, 1.807) is 0 Å². The molecule has 7 nitrogen and oxygen atoms in total. The number of alkyl halides is 1. The molecule has 1 rings (SSSR count). The lowest BCUT2D eigenvalue weighted by atomic mass is 9.64. The Balaban J connectivity index is 3.65. The third-order valence-corrected chi connectivity index (χ3v) is 4.47. The van der Waals surface area contributed by atoms with Crippen LogP contribution in [-0.2, 0) is 19.1 Å². The highest BCUT2D eigenvalue weighted by atomic mass is 79.9. The SMILES string of the molecule is CC(=O)[C@@]1(O)[C@@](O)(C(C)=O)[C@@H](Br)OC[C@]1(O)C(C)=O. The molecule has 0 aromatic heterocycles. The van der Waals surface area contributed by atoms with Crippen LogP contribution in [-0.4, -0.2) is 61.1 Å². The largest absolute Gasteiger partial charge is 0.376 e. The van der Waals surface area contributed by atoms with E-state index in [9.17, 15) is 29.7 Å². The second-order valence-corrected chi connectivity index (χ2v) is 5.46. The van der Waals surface area contributed by atoms with Crippen LogP contribution in [0.15, 0.2) is 0 Å². The molecular formula is C11H15BrO7. The summed E-state index contributed by atoms with van der Waals surface area (Å²) in [6, 6.07) is 0. The van der Waals surface area contributed by atoms with E-state index in [2.05, 4.69) is 15.9 Å². The minimum atomic E-state index is -3.00. The first kappa shape index (κ1) is 16.4. The van der Waals surface area contributed by atoms with Crippen LogP contribution in [0.25, 0.3) is 0 Å². The fourth-order valence-corrected chi connectivity index (χ4v) is 3.01. The molecule has 1 saturated heterocycles. The molecule has 4 atom stereocenters. The molecule has 1 aliphatic rings. The zero-order valence-electron chi connectivity index (χ0n) is 10.6. The van der Waals surface area contributed by atoms with Crippen LogP contribution in [0, 0.1) is 0 Å². The Kier molecular flexibility index (Phi) is 4.06. The van der Waals surface area contributed by atoms with E-state index in [-0.39, 0.29) is 0 Å². The first-order valence-corrected chi connectivity index (χ1v) is 6.33. The van der Waals surface area contributed by atoms with Crippen molar-refractivity contribution in [3.63, 3.8) is 0 Å². The van der Waals surface area contributed by atoms with Crippen molar-refractivity contribution in [2.75, 3.05) is 6.61 Å². The van der Waals surface area contributed by atoms with Gasteiger partial charge in [-0.15, -0.1) is 0 Å². The Morgan fingerprint density at radius 1 is 1.05 bits per heavy atom. The van der Waals surface area contributed by atoms with Crippen LogP contribution in [0.2, 0.25) is 0 Å². The Labute approximate surface area is 117 Å². The maximum Gasteiger partial charge on any atom is 0.200 e. The van der Waals surface area contributed by atoms with E-state index in [1.165, 1.54) is 0 Å². The summed E-state index contributed by atoms with van der Waals surface area (Å²) in [4.78, 5) is 35.0. The van der Waals surface area contributed by atoms with E-state index < -0.39 is 45.8 Å². The maximum atomic E-state index is 11.8. The molecule has 0 saturated carbocycles. The number of halogens is 1. The molecule has 1 heterocycles. The predicted molar refractivity (Wildman–Crippen MR) is 65.6 cm³/mol. The first-order chi connectivity index (χ1) is 8.46. The second-order valence-electron chi connectivity index (χ2n) is 4.63. The van der Waals surface area contributed by atoms with Crippen molar-refractivity contribution in [1.29, 1.82) is 0 Å². The minimum absolute atomic E-state index is 0.732. The van der Waals surface area contributed by atoms with Crippen LogP contribution < -0.4 is 0 Å². The number of carbonyl (C=O) groups is 3. The molecule has 3 N–H and O–H groups in total. The first-order valence-electron chi connectivity index (χ1n) is 5.42. The minimum Gasteiger partial charge on any atom is -0.376 e. The fourth-order valence-electron chi connectivity index (χ4n) is 2.23. The van der Waals surface area contributed by atoms with Crippen molar-refractivity contribution in [2.45, 2.75) is 42.6 Å². The zero-order valence-corrected chi connectivity index (χ0v) is 12.2. The smallest absolute Gasteiger partial charge is 0.200 e. The highest BCUT2D eigenvalue weighted by Gasteiger charge is 2.74.